The third kappa shape index (κ3) is 4.72. The summed E-state index contributed by atoms with van der Waals surface area (Å²) in [6, 6.07) is 0. The lowest BCUT2D eigenvalue weighted by Gasteiger charge is -2.21. The van der Waals surface area contributed by atoms with E-state index in [9.17, 15) is 9.36 Å². The molecule has 0 unspecified atom stereocenters. The molecule has 1 aliphatic carbocycles. The van der Waals surface area contributed by atoms with Crippen molar-refractivity contribution in [1.82, 2.24) is 0 Å². The van der Waals surface area contributed by atoms with Gasteiger partial charge in [0.2, 0.25) is 0 Å². The fourth-order valence-electron chi connectivity index (χ4n) is 2.33. The van der Waals surface area contributed by atoms with Crippen molar-refractivity contribution in [2.45, 2.75) is 38.5 Å². The second-order valence-electron chi connectivity index (χ2n) is 4.67. The molecule has 0 amide bonds. The van der Waals surface area contributed by atoms with Crippen LogP contribution in [0.1, 0.15) is 38.5 Å². The van der Waals surface area contributed by atoms with Crippen LogP contribution in [0.2, 0.25) is 0 Å². The number of rotatable bonds is 8. The first-order valence-electron chi connectivity index (χ1n) is 6.62. The number of hydrogen-bond acceptors (Lipinski definition) is 4. The SMILES string of the molecule is C=CCCC1=C(C(=O)CP(=O)(OC)OC)CCCC1. The number of ketones is 1. The Morgan fingerprint density at radius 2 is 1.95 bits per heavy atom. The van der Waals surface area contributed by atoms with Crippen LogP contribution >= 0.6 is 7.60 Å². The van der Waals surface area contributed by atoms with E-state index in [1.807, 2.05) is 6.08 Å². The first-order chi connectivity index (χ1) is 9.06. The van der Waals surface area contributed by atoms with Gasteiger partial charge in [0.15, 0.2) is 5.78 Å². The summed E-state index contributed by atoms with van der Waals surface area (Å²) in [6.45, 7) is 3.71. The number of carbonyl (C=O) groups excluding carboxylic acids is 1. The molecule has 0 fully saturated rings. The Kier molecular flexibility index (Phi) is 6.70. The standard InChI is InChI=1S/C14H23O4P/c1-4-5-8-12-9-6-7-10-13(12)14(15)11-19(16,17-2)18-3/h4H,1,5-11H2,2-3H3. The van der Waals surface area contributed by atoms with Crippen LogP contribution in [0.15, 0.2) is 23.8 Å². The molecule has 0 saturated carbocycles. The molecule has 0 aromatic heterocycles. The molecule has 0 radical (unpaired) electrons. The maximum Gasteiger partial charge on any atom is 0.337 e. The minimum Gasteiger partial charge on any atom is -0.312 e. The van der Waals surface area contributed by atoms with Gasteiger partial charge in [-0.3, -0.25) is 9.36 Å². The largest absolute Gasteiger partial charge is 0.337 e. The van der Waals surface area contributed by atoms with E-state index in [1.54, 1.807) is 0 Å². The molecular weight excluding hydrogens is 263 g/mol. The van der Waals surface area contributed by atoms with E-state index < -0.39 is 7.60 Å². The van der Waals surface area contributed by atoms with Gasteiger partial charge in [-0.1, -0.05) is 11.6 Å². The molecule has 5 heteroatoms. The zero-order valence-corrected chi connectivity index (χ0v) is 12.7. The molecule has 0 aromatic carbocycles. The molecule has 0 N–H and O–H groups in total. The van der Waals surface area contributed by atoms with Gasteiger partial charge >= 0.3 is 7.60 Å². The van der Waals surface area contributed by atoms with Gasteiger partial charge in [-0.2, -0.15) is 0 Å². The molecule has 1 aliphatic rings. The monoisotopic (exact) mass is 286 g/mol. The highest BCUT2D eigenvalue weighted by Crippen LogP contribution is 2.47. The summed E-state index contributed by atoms with van der Waals surface area (Å²) in [5.41, 5.74) is 2.03. The van der Waals surface area contributed by atoms with Gasteiger partial charge in [0.1, 0.15) is 6.16 Å². The fourth-order valence-corrected chi connectivity index (χ4v) is 3.28. The highest BCUT2D eigenvalue weighted by molar-refractivity contribution is 7.54. The van der Waals surface area contributed by atoms with Gasteiger partial charge in [0.25, 0.3) is 0 Å². The lowest BCUT2D eigenvalue weighted by Crippen LogP contribution is -2.15. The van der Waals surface area contributed by atoms with E-state index in [2.05, 4.69) is 6.58 Å². The summed E-state index contributed by atoms with van der Waals surface area (Å²) in [6.07, 6.45) is 7.31. The van der Waals surface area contributed by atoms with Gasteiger partial charge < -0.3 is 9.05 Å². The average Bonchev–Trinajstić information content (AvgIpc) is 2.45. The first kappa shape index (κ1) is 16.4. The second kappa shape index (κ2) is 7.78. The quantitative estimate of drug-likeness (QED) is 0.502. The van der Waals surface area contributed by atoms with E-state index in [-0.39, 0.29) is 11.9 Å². The zero-order chi connectivity index (χ0) is 14.3. The van der Waals surface area contributed by atoms with Crippen molar-refractivity contribution < 1.29 is 18.4 Å². The second-order valence-corrected chi connectivity index (χ2v) is 6.94. The number of Topliss-reactive ketones (excluding diaryl/α,β-unsaturated/α-hetero) is 1. The molecular formula is C14H23O4P. The predicted octanol–water partition coefficient (Wildman–Crippen LogP) is 3.88. The topological polar surface area (TPSA) is 52.6 Å². The van der Waals surface area contributed by atoms with Crippen molar-refractivity contribution in [2.24, 2.45) is 0 Å². The summed E-state index contributed by atoms with van der Waals surface area (Å²) in [4.78, 5) is 12.3. The van der Waals surface area contributed by atoms with Gasteiger partial charge in [0.05, 0.1) is 0 Å². The molecule has 0 bridgehead atoms. The summed E-state index contributed by atoms with van der Waals surface area (Å²) in [7, 11) is -0.638. The zero-order valence-electron chi connectivity index (χ0n) is 11.8. The van der Waals surface area contributed by atoms with Gasteiger partial charge in [-0.15, -0.1) is 6.58 Å². The Bertz CT molecular complexity index is 404. The number of allylic oxidation sites excluding steroid dienone is 3. The third-order valence-corrected chi connectivity index (χ3v) is 5.25. The van der Waals surface area contributed by atoms with E-state index in [0.717, 1.165) is 44.1 Å². The molecule has 19 heavy (non-hydrogen) atoms. The Morgan fingerprint density at radius 3 is 2.53 bits per heavy atom. The molecule has 1 rings (SSSR count). The minimum absolute atomic E-state index is 0.0919. The lowest BCUT2D eigenvalue weighted by molar-refractivity contribution is -0.113. The van der Waals surface area contributed by atoms with Crippen molar-refractivity contribution in [2.75, 3.05) is 20.4 Å². The highest BCUT2D eigenvalue weighted by atomic mass is 31.2. The van der Waals surface area contributed by atoms with Crippen molar-refractivity contribution in [1.29, 1.82) is 0 Å². The van der Waals surface area contributed by atoms with E-state index in [1.165, 1.54) is 19.8 Å². The lowest BCUT2D eigenvalue weighted by atomic mass is 9.87. The van der Waals surface area contributed by atoms with Gasteiger partial charge in [0, 0.05) is 14.2 Å². The van der Waals surface area contributed by atoms with Gasteiger partial charge in [-0.05, 0) is 44.1 Å². The maximum atomic E-state index is 12.3. The Balaban J connectivity index is 2.84. The van der Waals surface area contributed by atoms with Crippen LogP contribution < -0.4 is 0 Å². The summed E-state index contributed by atoms with van der Waals surface area (Å²) < 4.78 is 21.7. The van der Waals surface area contributed by atoms with Crippen molar-refractivity contribution in [3.05, 3.63) is 23.8 Å². The average molecular weight is 286 g/mol. The van der Waals surface area contributed by atoms with E-state index >= 15 is 0 Å². The van der Waals surface area contributed by atoms with Crippen molar-refractivity contribution >= 4 is 13.4 Å². The molecule has 0 saturated heterocycles. The van der Waals surface area contributed by atoms with E-state index in [4.69, 9.17) is 9.05 Å². The summed E-state index contributed by atoms with van der Waals surface area (Å²) in [5, 5.41) is 0. The van der Waals surface area contributed by atoms with Gasteiger partial charge in [-0.25, -0.2) is 0 Å². The molecule has 0 atom stereocenters. The van der Waals surface area contributed by atoms with Crippen LogP contribution in [-0.2, 0) is 18.4 Å². The summed E-state index contributed by atoms with van der Waals surface area (Å²) >= 11 is 0. The fraction of sp³-hybridized carbons (Fsp3) is 0.643. The number of carbonyl (C=O) groups is 1. The highest BCUT2D eigenvalue weighted by Gasteiger charge is 2.29. The van der Waals surface area contributed by atoms with Crippen molar-refractivity contribution in [3.63, 3.8) is 0 Å². The van der Waals surface area contributed by atoms with Crippen LogP contribution in [-0.4, -0.2) is 26.2 Å². The van der Waals surface area contributed by atoms with E-state index in [0.29, 0.717) is 0 Å². The van der Waals surface area contributed by atoms with Crippen LogP contribution in [0, 0.1) is 0 Å². The van der Waals surface area contributed by atoms with Crippen LogP contribution in [0.5, 0.6) is 0 Å². The Labute approximate surface area is 115 Å². The third-order valence-electron chi connectivity index (χ3n) is 3.46. The predicted molar refractivity (Wildman–Crippen MR) is 76.4 cm³/mol. The number of hydrogen-bond donors (Lipinski definition) is 0. The van der Waals surface area contributed by atoms with Crippen LogP contribution in [0.25, 0.3) is 0 Å². The summed E-state index contributed by atoms with van der Waals surface area (Å²) in [5.74, 6) is -0.0919. The van der Waals surface area contributed by atoms with Crippen molar-refractivity contribution in [3.8, 4) is 0 Å². The Hall–Kier alpha value is -0.700. The molecule has 108 valence electrons. The molecule has 0 spiro atoms. The van der Waals surface area contributed by atoms with Crippen LogP contribution in [0.3, 0.4) is 0 Å². The normalized spacial score (nSPS) is 16.5. The van der Waals surface area contributed by atoms with Crippen LogP contribution in [0.4, 0.5) is 0 Å². The molecule has 4 nitrogen and oxygen atoms in total. The molecule has 0 aromatic rings. The molecule has 0 heterocycles. The minimum atomic E-state index is -3.26. The molecule has 0 aliphatic heterocycles. The Morgan fingerprint density at radius 1 is 1.32 bits per heavy atom. The first-order valence-corrected chi connectivity index (χ1v) is 8.34. The maximum absolute atomic E-state index is 12.3. The smallest absolute Gasteiger partial charge is 0.312 e.